The number of amides is 2. The lowest BCUT2D eigenvalue weighted by molar-refractivity contribution is -0.132. The molecule has 9 nitrogen and oxygen atoms in total. The van der Waals surface area contributed by atoms with Crippen LogP contribution in [0.3, 0.4) is 0 Å². The Morgan fingerprint density at radius 2 is 1.26 bits per heavy atom. The number of rotatable bonds is 8. The van der Waals surface area contributed by atoms with Crippen molar-refractivity contribution in [2.24, 2.45) is 10.3 Å². The maximum atomic E-state index is 13.5. The second kappa shape index (κ2) is 12.7. The van der Waals surface area contributed by atoms with Crippen LogP contribution in [0.1, 0.15) is 11.1 Å². The Bertz CT molecular complexity index is 1370. The number of nitrogens with zero attached hydrogens (tertiary/aromatic N) is 4. The van der Waals surface area contributed by atoms with E-state index in [1.807, 2.05) is 12.1 Å². The first-order valence-electron chi connectivity index (χ1n) is 11.9. The molecule has 38 heavy (non-hydrogen) atoms. The monoisotopic (exact) mass is 530 g/mol. The lowest BCUT2D eigenvalue weighted by Crippen LogP contribution is -2.39. The van der Waals surface area contributed by atoms with Crippen molar-refractivity contribution in [1.82, 2.24) is 9.31 Å². The van der Waals surface area contributed by atoms with Gasteiger partial charge in [0.05, 0.1) is 36.9 Å². The Labute approximate surface area is 221 Å². The minimum atomic E-state index is -4.53. The van der Waals surface area contributed by atoms with E-state index in [1.54, 1.807) is 53.5 Å². The number of benzene rings is 3. The van der Waals surface area contributed by atoms with Gasteiger partial charge in [-0.25, -0.2) is 8.42 Å². The van der Waals surface area contributed by atoms with E-state index in [9.17, 15) is 18.0 Å². The van der Waals surface area contributed by atoms with Crippen molar-refractivity contribution in [2.75, 3.05) is 26.3 Å². The number of carbonyl (C=O) groups is 2. The summed E-state index contributed by atoms with van der Waals surface area (Å²) < 4.78 is 32.5. The molecule has 0 N–H and O–H groups in total. The fourth-order valence-electron chi connectivity index (χ4n) is 3.49. The molecule has 0 atom stereocenters. The summed E-state index contributed by atoms with van der Waals surface area (Å²) in [6, 6.07) is 23.3. The van der Waals surface area contributed by atoms with Crippen LogP contribution in [0.2, 0.25) is 0 Å². The molecular weight excluding hydrogens is 504 g/mol. The van der Waals surface area contributed by atoms with Gasteiger partial charge in [-0.05, 0) is 47.5 Å². The van der Waals surface area contributed by atoms with Gasteiger partial charge in [0, 0.05) is 12.2 Å². The number of ether oxygens (including phenoxy) is 1. The number of imide groups is 1. The molecule has 1 aliphatic heterocycles. The number of sulfonamides is 1. The topological polar surface area (TPSA) is 109 Å². The molecule has 3 aromatic carbocycles. The van der Waals surface area contributed by atoms with Gasteiger partial charge in [-0.15, -0.1) is 5.11 Å². The number of carbonyl (C=O) groups excluding carboxylic acids is 2. The van der Waals surface area contributed by atoms with Crippen molar-refractivity contribution < 1.29 is 22.7 Å². The molecule has 194 valence electrons. The molecule has 1 heterocycles. The summed E-state index contributed by atoms with van der Waals surface area (Å²) in [4.78, 5) is 25.9. The summed E-state index contributed by atoms with van der Waals surface area (Å²) in [6.07, 6.45) is 5.03. The van der Waals surface area contributed by atoms with E-state index in [1.165, 1.54) is 36.4 Å². The predicted molar refractivity (Wildman–Crippen MR) is 143 cm³/mol. The van der Waals surface area contributed by atoms with Gasteiger partial charge in [-0.3, -0.25) is 14.6 Å². The van der Waals surface area contributed by atoms with Gasteiger partial charge in [-0.1, -0.05) is 65.9 Å². The van der Waals surface area contributed by atoms with Gasteiger partial charge in [0.1, 0.15) is 0 Å². The van der Waals surface area contributed by atoms with E-state index < -0.39 is 21.8 Å². The summed E-state index contributed by atoms with van der Waals surface area (Å²) in [7, 11) is -4.53. The largest absolute Gasteiger partial charge is 0.378 e. The van der Waals surface area contributed by atoms with E-state index in [0.717, 1.165) is 12.2 Å². The smallest absolute Gasteiger partial charge is 0.273 e. The first-order chi connectivity index (χ1) is 18.4. The molecule has 3 aromatic rings. The highest BCUT2D eigenvalue weighted by Crippen LogP contribution is 2.22. The quantitative estimate of drug-likeness (QED) is 0.314. The minimum absolute atomic E-state index is 0.231. The van der Waals surface area contributed by atoms with Crippen LogP contribution in [0.4, 0.5) is 5.69 Å². The highest BCUT2D eigenvalue weighted by Gasteiger charge is 2.33. The molecule has 0 saturated carbocycles. The third kappa shape index (κ3) is 7.09. The highest BCUT2D eigenvalue weighted by atomic mass is 32.2. The summed E-state index contributed by atoms with van der Waals surface area (Å²) >= 11 is 0. The number of hydrogen-bond acceptors (Lipinski definition) is 7. The molecule has 0 unspecified atom stereocenters. The highest BCUT2D eigenvalue weighted by molar-refractivity contribution is 7.90. The second-order valence-corrected chi connectivity index (χ2v) is 9.97. The van der Waals surface area contributed by atoms with Crippen LogP contribution in [-0.4, -0.2) is 55.8 Å². The lowest BCUT2D eigenvalue weighted by atomic mass is 10.2. The third-order valence-corrected chi connectivity index (χ3v) is 7.19. The fraction of sp³-hybridized carbons (Fsp3) is 0.143. The van der Waals surface area contributed by atoms with Gasteiger partial charge < -0.3 is 4.74 Å². The third-order valence-electron chi connectivity index (χ3n) is 5.49. The molecule has 10 heteroatoms. The molecule has 0 radical (unpaired) electrons. The van der Waals surface area contributed by atoms with Crippen molar-refractivity contribution in [1.29, 1.82) is 0 Å². The molecule has 0 bridgehead atoms. The van der Waals surface area contributed by atoms with Crippen LogP contribution in [0, 0.1) is 0 Å². The minimum Gasteiger partial charge on any atom is -0.378 e. The Hall–Kier alpha value is -4.41. The Kier molecular flexibility index (Phi) is 8.91. The van der Waals surface area contributed by atoms with E-state index in [2.05, 4.69) is 10.3 Å². The normalized spacial score (nSPS) is 14.4. The van der Waals surface area contributed by atoms with Crippen LogP contribution in [-0.2, 0) is 24.3 Å². The predicted octanol–water partition coefficient (Wildman–Crippen LogP) is 4.49. The number of morpholine rings is 1. The van der Waals surface area contributed by atoms with Crippen LogP contribution in [0.25, 0.3) is 12.2 Å². The average molecular weight is 531 g/mol. The molecule has 1 saturated heterocycles. The molecule has 1 fully saturated rings. The van der Waals surface area contributed by atoms with Gasteiger partial charge >= 0.3 is 0 Å². The summed E-state index contributed by atoms with van der Waals surface area (Å²) in [5, 5.41) is 10.0. The number of hydrogen-bond donors (Lipinski definition) is 0. The van der Waals surface area contributed by atoms with Gasteiger partial charge in [0.25, 0.3) is 21.8 Å². The Balaban J connectivity index is 1.59. The summed E-state index contributed by atoms with van der Waals surface area (Å²) in [6.45, 7) is 2.35. The molecule has 0 spiro atoms. The van der Waals surface area contributed by atoms with E-state index in [4.69, 9.17) is 4.74 Å². The zero-order valence-corrected chi connectivity index (χ0v) is 21.3. The van der Waals surface area contributed by atoms with Gasteiger partial charge in [0.15, 0.2) is 0 Å². The molecule has 0 aromatic heterocycles. The fourth-order valence-corrected chi connectivity index (χ4v) is 4.78. The van der Waals surface area contributed by atoms with E-state index >= 15 is 0 Å². The van der Waals surface area contributed by atoms with E-state index in [-0.39, 0.29) is 9.20 Å². The second-order valence-electron chi connectivity index (χ2n) is 8.18. The van der Waals surface area contributed by atoms with Crippen LogP contribution < -0.4 is 0 Å². The molecule has 0 aliphatic carbocycles. The van der Waals surface area contributed by atoms with Crippen LogP contribution in [0.15, 0.2) is 112 Å². The van der Waals surface area contributed by atoms with Crippen LogP contribution in [0.5, 0.6) is 0 Å². The SMILES string of the molecule is O=C(/C=C\c1ccccc1)N(C(=O)/C=C/c1ccccc1)S(=O)(=O)c1ccc(N=NN2CCOCC2)cc1. The summed E-state index contributed by atoms with van der Waals surface area (Å²) in [5.74, 6) is -1.99. The van der Waals surface area contributed by atoms with Crippen molar-refractivity contribution in [2.45, 2.75) is 4.90 Å². The van der Waals surface area contributed by atoms with Crippen molar-refractivity contribution in [3.8, 4) is 0 Å². The zero-order valence-electron chi connectivity index (χ0n) is 20.5. The van der Waals surface area contributed by atoms with Crippen molar-refractivity contribution >= 4 is 39.7 Å². The Morgan fingerprint density at radius 1 is 0.763 bits per heavy atom. The summed E-state index contributed by atoms with van der Waals surface area (Å²) in [5.41, 5.74) is 1.79. The first kappa shape index (κ1) is 26.6. The molecular formula is C28H26N4O5S. The van der Waals surface area contributed by atoms with Crippen molar-refractivity contribution in [3.63, 3.8) is 0 Å². The molecule has 1 aliphatic rings. The van der Waals surface area contributed by atoms with Crippen molar-refractivity contribution in [3.05, 3.63) is 108 Å². The maximum absolute atomic E-state index is 13.5. The van der Waals surface area contributed by atoms with Gasteiger partial charge in [0.2, 0.25) is 0 Å². The van der Waals surface area contributed by atoms with Crippen LogP contribution >= 0.6 is 0 Å². The van der Waals surface area contributed by atoms with Gasteiger partial charge in [-0.2, -0.15) is 4.31 Å². The maximum Gasteiger partial charge on any atom is 0.273 e. The lowest BCUT2D eigenvalue weighted by Gasteiger charge is -2.22. The first-order valence-corrected chi connectivity index (χ1v) is 13.3. The van der Waals surface area contributed by atoms with E-state index in [0.29, 0.717) is 43.1 Å². The zero-order chi connectivity index (χ0) is 26.8. The molecule has 4 rings (SSSR count). The average Bonchev–Trinajstić information content (AvgIpc) is 2.96. The standard InChI is InChI=1S/C28H26N4O5S/c33-27(17-11-23-7-3-1-4-8-23)32(28(34)18-12-24-9-5-2-6-10-24)38(35,36)26-15-13-25(14-16-26)29-30-31-19-21-37-22-20-31/h1-18H,19-22H2/b17-11-,18-12+,30-29?. The Morgan fingerprint density at radius 3 is 1.76 bits per heavy atom. The molecule has 2 amide bonds.